The Labute approximate surface area is 176 Å². The molecule has 0 saturated carbocycles. The van der Waals surface area contributed by atoms with E-state index in [0.29, 0.717) is 40.9 Å². The Morgan fingerprint density at radius 2 is 1.80 bits per heavy atom. The number of anilines is 1. The molecule has 0 atom stereocenters. The Hall–Kier alpha value is -3.15. The third kappa shape index (κ3) is 3.26. The fourth-order valence-electron chi connectivity index (χ4n) is 4.18. The normalized spacial score (nSPS) is 13.5. The number of nitrogens with zero attached hydrogens (tertiary/aromatic N) is 1. The van der Waals surface area contributed by atoms with Gasteiger partial charge < -0.3 is 24.1 Å². The minimum absolute atomic E-state index is 0.0625. The SMILES string of the molecule is COc1cc(OC)c2cc(C(=O)N3CCCc4cc(C(C)C)ccc43)[nH]c2c1OC. The van der Waals surface area contributed by atoms with Gasteiger partial charge in [0.1, 0.15) is 11.4 Å². The van der Waals surface area contributed by atoms with Gasteiger partial charge in [-0.15, -0.1) is 0 Å². The highest BCUT2D eigenvalue weighted by atomic mass is 16.5. The molecule has 158 valence electrons. The van der Waals surface area contributed by atoms with Gasteiger partial charge in [-0.25, -0.2) is 0 Å². The van der Waals surface area contributed by atoms with Gasteiger partial charge in [0.15, 0.2) is 11.5 Å². The van der Waals surface area contributed by atoms with Crippen LogP contribution in [0.5, 0.6) is 17.2 Å². The maximum absolute atomic E-state index is 13.5. The number of hydrogen-bond donors (Lipinski definition) is 1. The van der Waals surface area contributed by atoms with Crippen molar-refractivity contribution in [1.29, 1.82) is 0 Å². The number of methoxy groups -OCH3 is 3. The molecule has 6 heteroatoms. The topological polar surface area (TPSA) is 63.8 Å². The molecule has 4 rings (SSSR count). The molecule has 1 N–H and O–H groups in total. The molecule has 1 aliphatic rings. The minimum atomic E-state index is -0.0625. The Bertz CT molecular complexity index is 1100. The van der Waals surface area contributed by atoms with Gasteiger partial charge in [-0.2, -0.15) is 0 Å². The molecule has 6 nitrogen and oxygen atoms in total. The highest BCUT2D eigenvalue weighted by molar-refractivity contribution is 6.09. The van der Waals surface area contributed by atoms with Gasteiger partial charge in [0.05, 0.1) is 26.8 Å². The monoisotopic (exact) mass is 408 g/mol. The molecule has 0 saturated heterocycles. The molecule has 3 aromatic rings. The predicted molar refractivity (Wildman–Crippen MR) is 118 cm³/mol. The van der Waals surface area contributed by atoms with Gasteiger partial charge in [-0.05, 0) is 42.0 Å². The maximum atomic E-state index is 13.5. The van der Waals surface area contributed by atoms with E-state index in [1.54, 1.807) is 27.4 Å². The van der Waals surface area contributed by atoms with E-state index < -0.39 is 0 Å². The Morgan fingerprint density at radius 1 is 1.03 bits per heavy atom. The standard InChI is InChI=1S/C24H28N2O4/c1-14(2)15-8-9-19-16(11-15)7-6-10-26(19)24(27)18-12-17-20(28-3)13-21(29-4)23(30-5)22(17)25-18/h8-9,11-14,25H,6-7,10H2,1-5H3. The smallest absolute Gasteiger partial charge is 0.274 e. The van der Waals surface area contributed by atoms with Crippen molar-refractivity contribution in [2.45, 2.75) is 32.6 Å². The molecule has 0 aliphatic carbocycles. The lowest BCUT2D eigenvalue weighted by molar-refractivity contribution is 0.0981. The number of amides is 1. The summed E-state index contributed by atoms with van der Waals surface area (Å²) in [5, 5.41) is 0.783. The molecule has 0 unspecified atom stereocenters. The number of ether oxygens (including phenoxy) is 3. The third-order valence-electron chi connectivity index (χ3n) is 5.80. The number of rotatable bonds is 5. The average Bonchev–Trinajstić information content (AvgIpc) is 3.21. The zero-order valence-corrected chi connectivity index (χ0v) is 18.2. The molecule has 2 heterocycles. The summed E-state index contributed by atoms with van der Waals surface area (Å²) in [6, 6.07) is 10.0. The van der Waals surface area contributed by atoms with E-state index in [-0.39, 0.29) is 5.91 Å². The largest absolute Gasteiger partial charge is 0.496 e. The van der Waals surface area contributed by atoms with E-state index >= 15 is 0 Å². The van der Waals surface area contributed by atoms with E-state index in [0.717, 1.165) is 23.9 Å². The summed E-state index contributed by atoms with van der Waals surface area (Å²) >= 11 is 0. The Balaban J connectivity index is 1.78. The lowest BCUT2D eigenvalue weighted by atomic mass is 9.94. The van der Waals surface area contributed by atoms with Crippen LogP contribution in [0.1, 0.15) is 47.8 Å². The first kappa shape index (κ1) is 20.1. The fraction of sp³-hybridized carbons (Fsp3) is 0.375. The number of carbonyl (C=O) groups excluding carboxylic acids is 1. The van der Waals surface area contributed by atoms with Crippen LogP contribution < -0.4 is 19.1 Å². The number of carbonyl (C=O) groups is 1. The predicted octanol–water partition coefficient (Wildman–Crippen LogP) is 4.91. The molecule has 0 bridgehead atoms. The zero-order valence-electron chi connectivity index (χ0n) is 18.2. The molecule has 0 radical (unpaired) electrons. The summed E-state index contributed by atoms with van der Waals surface area (Å²) in [6.07, 6.45) is 1.94. The van der Waals surface area contributed by atoms with Crippen LogP contribution in [0, 0.1) is 0 Å². The molecule has 0 spiro atoms. The van der Waals surface area contributed by atoms with Crippen molar-refractivity contribution in [3.8, 4) is 17.2 Å². The van der Waals surface area contributed by atoms with Crippen molar-refractivity contribution >= 4 is 22.5 Å². The van der Waals surface area contributed by atoms with Crippen molar-refractivity contribution < 1.29 is 19.0 Å². The van der Waals surface area contributed by atoms with Gasteiger partial charge in [0, 0.05) is 23.7 Å². The molecular formula is C24H28N2O4. The highest BCUT2D eigenvalue weighted by Gasteiger charge is 2.27. The lowest BCUT2D eigenvalue weighted by Gasteiger charge is -2.30. The van der Waals surface area contributed by atoms with E-state index in [1.165, 1.54) is 11.1 Å². The van der Waals surface area contributed by atoms with Crippen LogP contribution in [0.2, 0.25) is 0 Å². The second-order valence-corrected chi connectivity index (χ2v) is 7.89. The van der Waals surface area contributed by atoms with Gasteiger partial charge in [0.2, 0.25) is 0 Å². The molecule has 0 fully saturated rings. The lowest BCUT2D eigenvalue weighted by Crippen LogP contribution is -2.35. The number of fused-ring (bicyclic) bond motifs is 2. The van der Waals surface area contributed by atoms with Crippen LogP contribution in [0.3, 0.4) is 0 Å². The number of aromatic nitrogens is 1. The molecular weight excluding hydrogens is 380 g/mol. The second kappa shape index (κ2) is 7.94. The van der Waals surface area contributed by atoms with Crippen molar-refractivity contribution in [3.05, 3.63) is 47.2 Å². The van der Waals surface area contributed by atoms with Crippen LogP contribution in [0.25, 0.3) is 10.9 Å². The van der Waals surface area contributed by atoms with Crippen LogP contribution in [-0.2, 0) is 6.42 Å². The summed E-state index contributed by atoms with van der Waals surface area (Å²) in [7, 11) is 4.76. The number of aryl methyl sites for hydroxylation is 1. The van der Waals surface area contributed by atoms with Gasteiger partial charge in [0.25, 0.3) is 5.91 Å². The van der Waals surface area contributed by atoms with E-state index in [2.05, 4.69) is 37.0 Å². The number of H-pyrrole nitrogens is 1. The first-order chi connectivity index (χ1) is 14.5. The quantitative estimate of drug-likeness (QED) is 0.652. The van der Waals surface area contributed by atoms with Crippen LogP contribution in [-0.4, -0.2) is 38.8 Å². The van der Waals surface area contributed by atoms with E-state index in [1.807, 2.05) is 11.0 Å². The number of benzene rings is 2. The van der Waals surface area contributed by atoms with E-state index in [9.17, 15) is 4.79 Å². The summed E-state index contributed by atoms with van der Waals surface area (Å²) < 4.78 is 16.5. The minimum Gasteiger partial charge on any atom is -0.496 e. The second-order valence-electron chi connectivity index (χ2n) is 7.89. The van der Waals surface area contributed by atoms with Crippen molar-refractivity contribution in [2.75, 3.05) is 32.8 Å². The molecule has 30 heavy (non-hydrogen) atoms. The van der Waals surface area contributed by atoms with Crippen LogP contribution in [0.4, 0.5) is 5.69 Å². The Kier molecular flexibility index (Phi) is 5.33. The summed E-state index contributed by atoms with van der Waals surface area (Å²) in [4.78, 5) is 18.6. The third-order valence-corrected chi connectivity index (χ3v) is 5.80. The summed E-state index contributed by atoms with van der Waals surface area (Å²) in [6.45, 7) is 5.07. The fourth-order valence-corrected chi connectivity index (χ4v) is 4.18. The summed E-state index contributed by atoms with van der Waals surface area (Å²) in [5.74, 6) is 2.12. The van der Waals surface area contributed by atoms with Gasteiger partial charge in [-0.3, -0.25) is 4.79 Å². The first-order valence-corrected chi connectivity index (χ1v) is 10.2. The maximum Gasteiger partial charge on any atom is 0.274 e. The van der Waals surface area contributed by atoms with Crippen molar-refractivity contribution in [1.82, 2.24) is 4.98 Å². The molecule has 1 aliphatic heterocycles. The summed E-state index contributed by atoms with van der Waals surface area (Å²) in [5.41, 5.74) is 4.70. The molecule has 1 aromatic heterocycles. The zero-order chi connectivity index (χ0) is 21.4. The Morgan fingerprint density at radius 3 is 2.47 bits per heavy atom. The van der Waals surface area contributed by atoms with Crippen LogP contribution in [0.15, 0.2) is 30.3 Å². The van der Waals surface area contributed by atoms with Gasteiger partial charge >= 0.3 is 0 Å². The van der Waals surface area contributed by atoms with Crippen molar-refractivity contribution in [3.63, 3.8) is 0 Å². The van der Waals surface area contributed by atoms with Crippen molar-refractivity contribution in [2.24, 2.45) is 0 Å². The molecule has 2 aromatic carbocycles. The first-order valence-electron chi connectivity index (χ1n) is 10.2. The van der Waals surface area contributed by atoms with E-state index in [4.69, 9.17) is 14.2 Å². The number of hydrogen-bond acceptors (Lipinski definition) is 4. The number of nitrogens with one attached hydrogen (secondary N) is 1. The average molecular weight is 408 g/mol. The van der Waals surface area contributed by atoms with Gasteiger partial charge in [-0.1, -0.05) is 26.0 Å². The molecule has 1 amide bonds. The number of aromatic amines is 1. The highest BCUT2D eigenvalue weighted by Crippen LogP contribution is 2.42. The van der Waals surface area contributed by atoms with Crippen LogP contribution >= 0.6 is 0 Å².